The Hall–Kier alpha value is -2.63. The van der Waals surface area contributed by atoms with Crippen molar-refractivity contribution >= 4 is 23.4 Å². The minimum Gasteiger partial charge on any atom is -0.372 e. The summed E-state index contributed by atoms with van der Waals surface area (Å²) in [5, 5.41) is 3.05. The average Bonchev–Trinajstić information content (AvgIpc) is 3.31. The van der Waals surface area contributed by atoms with Gasteiger partial charge < -0.3 is 10.2 Å². The first kappa shape index (κ1) is 20.6. The summed E-state index contributed by atoms with van der Waals surface area (Å²) < 4.78 is 0. The molecular weight excluding hydrogens is 372 g/mol. The largest absolute Gasteiger partial charge is 0.372 e. The lowest BCUT2D eigenvalue weighted by molar-refractivity contribution is -0.117. The van der Waals surface area contributed by atoms with Crippen LogP contribution >= 0.6 is 0 Å². The minimum atomic E-state index is 0.0707. The van der Waals surface area contributed by atoms with E-state index in [2.05, 4.69) is 68.6 Å². The van der Waals surface area contributed by atoms with Gasteiger partial charge in [0.15, 0.2) is 0 Å². The van der Waals surface area contributed by atoms with Crippen molar-refractivity contribution in [3.63, 3.8) is 0 Å². The SMILES string of the molecule is O=C(CN1CCN(C/C=C/c2ccccc2)CC1)Nc1ccc(N2CCCC2)cc1. The number of carbonyl (C=O) groups is 1. The van der Waals surface area contributed by atoms with Gasteiger partial charge in [-0.25, -0.2) is 0 Å². The van der Waals surface area contributed by atoms with Gasteiger partial charge in [-0.3, -0.25) is 14.6 Å². The van der Waals surface area contributed by atoms with Crippen LogP contribution in [0.5, 0.6) is 0 Å². The standard InChI is InChI=1S/C25H32N4O/c30-25(26-23-10-12-24(13-11-23)29-15-4-5-16-29)21-28-19-17-27(18-20-28)14-6-9-22-7-2-1-3-8-22/h1-3,6-13H,4-5,14-21H2,(H,26,30)/b9-6+. The topological polar surface area (TPSA) is 38.8 Å². The Labute approximate surface area is 180 Å². The fourth-order valence-corrected chi connectivity index (χ4v) is 4.17. The number of hydrogen-bond donors (Lipinski definition) is 1. The second-order valence-electron chi connectivity index (χ2n) is 8.18. The van der Waals surface area contributed by atoms with Crippen LogP contribution in [-0.4, -0.2) is 68.1 Å². The monoisotopic (exact) mass is 404 g/mol. The number of amides is 1. The molecule has 158 valence electrons. The van der Waals surface area contributed by atoms with Crippen molar-refractivity contribution < 1.29 is 4.79 Å². The van der Waals surface area contributed by atoms with Crippen molar-refractivity contribution in [2.24, 2.45) is 0 Å². The third-order valence-corrected chi connectivity index (χ3v) is 5.93. The third kappa shape index (κ3) is 5.94. The summed E-state index contributed by atoms with van der Waals surface area (Å²) in [6, 6.07) is 18.7. The van der Waals surface area contributed by atoms with Gasteiger partial charge in [-0.2, -0.15) is 0 Å². The molecule has 2 saturated heterocycles. The molecule has 2 fully saturated rings. The smallest absolute Gasteiger partial charge is 0.238 e. The zero-order valence-corrected chi connectivity index (χ0v) is 17.7. The van der Waals surface area contributed by atoms with Crippen molar-refractivity contribution in [3.05, 3.63) is 66.2 Å². The van der Waals surface area contributed by atoms with Crippen LogP contribution in [0.15, 0.2) is 60.7 Å². The molecule has 0 saturated carbocycles. The van der Waals surface area contributed by atoms with E-state index in [1.165, 1.54) is 24.1 Å². The molecule has 2 aromatic rings. The van der Waals surface area contributed by atoms with E-state index in [1.807, 2.05) is 18.2 Å². The third-order valence-electron chi connectivity index (χ3n) is 5.93. The minimum absolute atomic E-state index is 0.0707. The van der Waals surface area contributed by atoms with Crippen molar-refractivity contribution in [2.75, 3.05) is 62.6 Å². The van der Waals surface area contributed by atoms with Gasteiger partial charge in [0, 0.05) is 57.2 Å². The van der Waals surface area contributed by atoms with Gasteiger partial charge in [-0.1, -0.05) is 42.5 Å². The number of piperazine rings is 1. The van der Waals surface area contributed by atoms with Crippen LogP contribution in [0, 0.1) is 0 Å². The van der Waals surface area contributed by atoms with Crippen LogP contribution in [0.1, 0.15) is 18.4 Å². The number of hydrogen-bond acceptors (Lipinski definition) is 4. The molecule has 0 radical (unpaired) electrons. The molecule has 0 bridgehead atoms. The molecule has 5 nitrogen and oxygen atoms in total. The highest BCUT2D eigenvalue weighted by atomic mass is 16.2. The van der Waals surface area contributed by atoms with Crippen LogP contribution < -0.4 is 10.2 Å². The molecule has 0 atom stereocenters. The van der Waals surface area contributed by atoms with E-state index in [0.29, 0.717) is 6.54 Å². The highest BCUT2D eigenvalue weighted by Gasteiger charge is 2.18. The summed E-state index contributed by atoms with van der Waals surface area (Å²) >= 11 is 0. The highest BCUT2D eigenvalue weighted by molar-refractivity contribution is 5.92. The maximum atomic E-state index is 12.4. The van der Waals surface area contributed by atoms with E-state index in [0.717, 1.165) is 51.5 Å². The summed E-state index contributed by atoms with van der Waals surface area (Å²) in [7, 11) is 0. The number of rotatable bonds is 7. The molecule has 30 heavy (non-hydrogen) atoms. The quantitative estimate of drug-likeness (QED) is 0.766. The lowest BCUT2D eigenvalue weighted by atomic mass is 10.2. The summed E-state index contributed by atoms with van der Waals surface area (Å²) in [5.41, 5.74) is 3.37. The van der Waals surface area contributed by atoms with Crippen molar-refractivity contribution in [2.45, 2.75) is 12.8 Å². The molecule has 0 aliphatic carbocycles. The first-order valence-corrected chi connectivity index (χ1v) is 11.1. The molecule has 2 heterocycles. The van der Waals surface area contributed by atoms with Crippen molar-refractivity contribution in [1.82, 2.24) is 9.80 Å². The molecule has 2 aliphatic heterocycles. The molecule has 5 heteroatoms. The number of anilines is 2. The second-order valence-corrected chi connectivity index (χ2v) is 8.18. The van der Waals surface area contributed by atoms with Gasteiger partial charge in [0.25, 0.3) is 0 Å². The van der Waals surface area contributed by atoms with Gasteiger partial charge in [0.2, 0.25) is 5.91 Å². The van der Waals surface area contributed by atoms with E-state index in [1.54, 1.807) is 0 Å². The zero-order chi connectivity index (χ0) is 20.6. The Bertz CT molecular complexity index is 820. The van der Waals surface area contributed by atoms with Crippen molar-refractivity contribution in [3.8, 4) is 0 Å². The van der Waals surface area contributed by atoms with Crippen molar-refractivity contribution in [1.29, 1.82) is 0 Å². The van der Waals surface area contributed by atoms with E-state index in [4.69, 9.17) is 0 Å². The van der Waals surface area contributed by atoms with E-state index < -0.39 is 0 Å². The molecule has 4 rings (SSSR count). The lowest BCUT2D eigenvalue weighted by Gasteiger charge is -2.33. The summed E-state index contributed by atoms with van der Waals surface area (Å²) in [6.45, 7) is 7.55. The molecule has 2 aromatic carbocycles. The molecule has 2 aliphatic rings. The Morgan fingerprint density at radius 2 is 1.50 bits per heavy atom. The summed E-state index contributed by atoms with van der Waals surface area (Å²) in [5.74, 6) is 0.0707. The maximum Gasteiger partial charge on any atom is 0.238 e. The molecule has 1 amide bonds. The van der Waals surface area contributed by atoms with Gasteiger partial charge >= 0.3 is 0 Å². The van der Waals surface area contributed by atoms with Crippen LogP contribution in [0.2, 0.25) is 0 Å². The first-order valence-electron chi connectivity index (χ1n) is 11.1. The van der Waals surface area contributed by atoms with Crippen LogP contribution in [0.4, 0.5) is 11.4 Å². The predicted octanol–water partition coefficient (Wildman–Crippen LogP) is 3.56. The number of benzene rings is 2. The fourth-order valence-electron chi connectivity index (χ4n) is 4.17. The Morgan fingerprint density at radius 3 is 2.20 bits per heavy atom. The van der Waals surface area contributed by atoms with E-state index in [9.17, 15) is 4.79 Å². The normalized spacial score (nSPS) is 18.2. The predicted molar refractivity (Wildman–Crippen MR) is 125 cm³/mol. The van der Waals surface area contributed by atoms with Crippen LogP contribution in [0.25, 0.3) is 6.08 Å². The van der Waals surface area contributed by atoms with Gasteiger partial charge in [-0.05, 0) is 42.7 Å². The Balaban J connectivity index is 1.16. The molecule has 0 unspecified atom stereocenters. The van der Waals surface area contributed by atoms with Gasteiger partial charge in [0.1, 0.15) is 0 Å². The highest BCUT2D eigenvalue weighted by Crippen LogP contribution is 2.22. The number of carbonyl (C=O) groups excluding carboxylic acids is 1. The Kier molecular flexibility index (Phi) is 7.16. The van der Waals surface area contributed by atoms with Gasteiger partial charge in [-0.15, -0.1) is 0 Å². The number of nitrogens with zero attached hydrogens (tertiary/aromatic N) is 3. The van der Waals surface area contributed by atoms with E-state index in [-0.39, 0.29) is 5.91 Å². The second kappa shape index (κ2) is 10.4. The Morgan fingerprint density at radius 1 is 0.833 bits per heavy atom. The summed E-state index contributed by atoms with van der Waals surface area (Å²) in [6.07, 6.45) is 6.95. The van der Waals surface area contributed by atoms with Crippen LogP contribution in [0.3, 0.4) is 0 Å². The molecule has 0 aromatic heterocycles. The first-order chi connectivity index (χ1) is 14.8. The van der Waals surface area contributed by atoms with E-state index >= 15 is 0 Å². The fraction of sp³-hybridized carbons (Fsp3) is 0.400. The van der Waals surface area contributed by atoms with Gasteiger partial charge in [0.05, 0.1) is 6.54 Å². The number of nitrogens with one attached hydrogen (secondary N) is 1. The zero-order valence-electron chi connectivity index (χ0n) is 17.7. The maximum absolute atomic E-state index is 12.4. The van der Waals surface area contributed by atoms with Crippen LogP contribution in [-0.2, 0) is 4.79 Å². The summed E-state index contributed by atoms with van der Waals surface area (Å²) in [4.78, 5) is 19.5. The molecule has 0 spiro atoms. The lowest BCUT2D eigenvalue weighted by Crippen LogP contribution is -2.48. The molecule has 1 N–H and O–H groups in total. The average molecular weight is 405 g/mol. The molecular formula is C25H32N4O.